The van der Waals surface area contributed by atoms with Gasteiger partial charge in [-0.2, -0.15) is 0 Å². The normalized spacial score (nSPS) is 17.5. The molecule has 1 fully saturated rings. The first-order valence-electron chi connectivity index (χ1n) is 12.4. The Balaban J connectivity index is 1.55. The molecular formula is C30H32N4OS. The number of benzene rings is 2. The molecule has 0 spiro atoms. The summed E-state index contributed by atoms with van der Waals surface area (Å²) in [5.74, 6) is 1.65. The lowest BCUT2D eigenvalue weighted by atomic mass is 9.96. The summed E-state index contributed by atoms with van der Waals surface area (Å²) < 4.78 is 8.53. The second-order valence-corrected chi connectivity index (χ2v) is 10.0. The molecule has 1 aliphatic heterocycles. The van der Waals surface area contributed by atoms with Crippen LogP contribution in [0.25, 0.3) is 0 Å². The smallest absolute Gasteiger partial charge is 0.174 e. The molecule has 0 radical (unpaired) electrons. The molecule has 1 aliphatic rings. The van der Waals surface area contributed by atoms with Gasteiger partial charge in [-0.1, -0.05) is 24.3 Å². The predicted octanol–water partition coefficient (Wildman–Crippen LogP) is 7.36. The summed E-state index contributed by atoms with van der Waals surface area (Å²) in [5.41, 5.74) is 6.85. The minimum Gasteiger partial charge on any atom is -0.457 e. The van der Waals surface area contributed by atoms with E-state index < -0.39 is 0 Å². The van der Waals surface area contributed by atoms with Crippen LogP contribution in [0, 0.1) is 20.8 Å². The second kappa shape index (κ2) is 9.78. The van der Waals surface area contributed by atoms with Crippen LogP contribution in [-0.4, -0.2) is 14.7 Å². The fraction of sp³-hybridized carbons (Fsp3) is 0.267. The maximum atomic E-state index is 6.14. The van der Waals surface area contributed by atoms with Gasteiger partial charge in [0, 0.05) is 29.3 Å². The zero-order chi connectivity index (χ0) is 25.4. The third-order valence-corrected chi connectivity index (χ3v) is 7.21. The number of para-hydroxylation sites is 1. The van der Waals surface area contributed by atoms with Crippen molar-refractivity contribution < 1.29 is 4.74 Å². The average molecular weight is 497 g/mol. The number of aryl methyl sites for hydroxylation is 2. The largest absolute Gasteiger partial charge is 0.457 e. The number of nitrogens with zero attached hydrogens (tertiary/aromatic N) is 3. The zero-order valence-electron chi connectivity index (χ0n) is 21.4. The van der Waals surface area contributed by atoms with Crippen molar-refractivity contribution in [2.24, 2.45) is 0 Å². The zero-order valence-corrected chi connectivity index (χ0v) is 22.2. The van der Waals surface area contributed by atoms with E-state index in [1.165, 1.54) is 17.0 Å². The van der Waals surface area contributed by atoms with E-state index >= 15 is 0 Å². The van der Waals surface area contributed by atoms with Crippen LogP contribution in [0.5, 0.6) is 11.5 Å². The number of hydrogen-bond acceptors (Lipinski definition) is 3. The average Bonchev–Trinajstić information content (AvgIpc) is 3.36. The predicted molar refractivity (Wildman–Crippen MR) is 150 cm³/mol. The highest BCUT2D eigenvalue weighted by molar-refractivity contribution is 7.80. The molecule has 5 rings (SSSR count). The van der Waals surface area contributed by atoms with Crippen LogP contribution in [0.1, 0.15) is 60.2 Å². The SMILES string of the molecule is Cc1ccccc1Oc1ccc(N2C(=S)N[C@@H](c3ccccn3)[C@@H]2c2cc(C)n(C(C)C)c2C)cc1. The van der Waals surface area contributed by atoms with Crippen LogP contribution in [0.4, 0.5) is 5.69 Å². The summed E-state index contributed by atoms with van der Waals surface area (Å²) in [5, 5.41) is 4.26. The molecule has 5 nitrogen and oxygen atoms in total. The lowest BCUT2D eigenvalue weighted by Gasteiger charge is -2.28. The maximum absolute atomic E-state index is 6.14. The lowest BCUT2D eigenvalue weighted by molar-refractivity contribution is 0.479. The van der Waals surface area contributed by atoms with Crippen molar-refractivity contribution in [1.29, 1.82) is 0 Å². The molecule has 1 N–H and O–H groups in total. The van der Waals surface area contributed by atoms with Gasteiger partial charge in [0.25, 0.3) is 0 Å². The number of pyridine rings is 1. The molecule has 0 amide bonds. The van der Waals surface area contributed by atoms with Crippen LogP contribution >= 0.6 is 12.2 Å². The molecule has 1 saturated heterocycles. The van der Waals surface area contributed by atoms with Crippen molar-refractivity contribution >= 4 is 23.0 Å². The lowest BCUT2D eigenvalue weighted by Crippen LogP contribution is -2.29. The van der Waals surface area contributed by atoms with E-state index in [2.05, 4.69) is 71.7 Å². The first kappa shape index (κ1) is 24.1. The third-order valence-electron chi connectivity index (χ3n) is 6.89. The first-order chi connectivity index (χ1) is 17.3. The van der Waals surface area contributed by atoms with Crippen molar-refractivity contribution in [3.63, 3.8) is 0 Å². The Morgan fingerprint density at radius 3 is 2.31 bits per heavy atom. The number of ether oxygens (including phenoxy) is 1. The van der Waals surface area contributed by atoms with Gasteiger partial charge in [-0.05, 0) is 106 Å². The Morgan fingerprint density at radius 1 is 0.944 bits per heavy atom. The highest BCUT2D eigenvalue weighted by Crippen LogP contribution is 2.44. The van der Waals surface area contributed by atoms with Gasteiger partial charge in [-0.15, -0.1) is 0 Å². The molecule has 2 atom stereocenters. The Bertz CT molecular complexity index is 1380. The number of hydrogen-bond donors (Lipinski definition) is 1. The number of anilines is 1. The molecular weight excluding hydrogens is 464 g/mol. The van der Waals surface area contributed by atoms with Crippen molar-refractivity contribution in [1.82, 2.24) is 14.9 Å². The molecule has 4 aromatic rings. The van der Waals surface area contributed by atoms with Gasteiger partial charge in [-0.25, -0.2) is 0 Å². The minimum absolute atomic E-state index is 0.0331. The standard InChI is InChI=1S/C30H32N4OS/c1-19(2)33-21(4)18-25(22(33)5)29-28(26-11-8-9-17-31-26)32-30(36)34(29)23-13-15-24(16-14-23)35-27-12-7-6-10-20(27)3/h6-19,28-29H,1-5H3,(H,32,36)/t28-,29-/m0/s1. The fourth-order valence-corrected chi connectivity index (χ4v) is 5.66. The van der Waals surface area contributed by atoms with Crippen LogP contribution in [0.15, 0.2) is 79.0 Å². The van der Waals surface area contributed by atoms with E-state index in [1.54, 1.807) is 0 Å². The van der Waals surface area contributed by atoms with Gasteiger partial charge in [0.1, 0.15) is 11.5 Å². The summed E-state index contributed by atoms with van der Waals surface area (Å²) in [6.07, 6.45) is 1.84. The Hall–Kier alpha value is -3.64. The molecule has 0 bridgehead atoms. The molecule has 0 aliphatic carbocycles. The Morgan fingerprint density at radius 2 is 1.67 bits per heavy atom. The monoisotopic (exact) mass is 496 g/mol. The van der Waals surface area contributed by atoms with E-state index in [1.807, 2.05) is 61.7 Å². The van der Waals surface area contributed by atoms with E-state index in [9.17, 15) is 0 Å². The van der Waals surface area contributed by atoms with Crippen LogP contribution < -0.4 is 15.0 Å². The van der Waals surface area contributed by atoms with Gasteiger partial charge in [0.05, 0.1) is 17.8 Å². The number of rotatable bonds is 6. The van der Waals surface area contributed by atoms with Crippen molar-refractivity contribution in [2.75, 3.05) is 4.90 Å². The molecule has 184 valence electrons. The molecule has 36 heavy (non-hydrogen) atoms. The van der Waals surface area contributed by atoms with E-state index in [0.29, 0.717) is 11.2 Å². The van der Waals surface area contributed by atoms with E-state index in [-0.39, 0.29) is 12.1 Å². The third kappa shape index (κ3) is 4.37. The highest BCUT2D eigenvalue weighted by Gasteiger charge is 2.42. The van der Waals surface area contributed by atoms with Crippen molar-refractivity contribution in [2.45, 2.75) is 52.7 Å². The van der Waals surface area contributed by atoms with Gasteiger partial charge in [0.15, 0.2) is 5.11 Å². The topological polar surface area (TPSA) is 42.3 Å². The quantitative estimate of drug-likeness (QED) is 0.283. The van der Waals surface area contributed by atoms with Gasteiger partial charge < -0.3 is 19.5 Å². The number of thiocarbonyl (C=S) groups is 1. The Labute approximate surface area is 218 Å². The molecule has 6 heteroatoms. The van der Waals surface area contributed by atoms with Crippen LogP contribution in [-0.2, 0) is 0 Å². The number of aromatic nitrogens is 2. The van der Waals surface area contributed by atoms with Gasteiger partial charge in [0.2, 0.25) is 0 Å². The van der Waals surface area contributed by atoms with Crippen molar-refractivity contribution in [3.8, 4) is 11.5 Å². The molecule has 2 aromatic carbocycles. The second-order valence-electron chi connectivity index (χ2n) is 9.65. The summed E-state index contributed by atoms with van der Waals surface area (Å²) >= 11 is 5.91. The molecule has 3 heterocycles. The molecule has 2 aromatic heterocycles. The summed E-state index contributed by atoms with van der Waals surface area (Å²) in [6, 6.07) is 24.8. The Kier molecular flexibility index (Phi) is 6.54. The fourth-order valence-electron chi connectivity index (χ4n) is 5.32. The van der Waals surface area contributed by atoms with Crippen LogP contribution in [0.2, 0.25) is 0 Å². The number of nitrogens with one attached hydrogen (secondary N) is 1. The first-order valence-corrected chi connectivity index (χ1v) is 12.8. The summed E-state index contributed by atoms with van der Waals surface area (Å²) in [4.78, 5) is 6.91. The minimum atomic E-state index is -0.0669. The van der Waals surface area contributed by atoms with Gasteiger partial charge >= 0.3 is 0 Å². The molecule has 0 saturated carbocycles. The van der Waals surface area contributed by atoms with Crippen molar-refractivity contribution in [3.05, 3.63) is 107 Å². The summed E-state index contributed by atoms with van der Waals surface area (Å²) in [7, 11) is 0. The highest BCUT2D eigenvalue weighted by atomic mass is 32.1. The van der Waals surface area contributed by atoms with Crippen LogP contribution in [0.3, 0.4) is 0 Å². The van der Waals surface area contributed by atoms with E-state index in [4.69, 9.17) is 17.0 Å². The summed E-state index contributed by atoms with van der Waals surface area (Å²) in [6.45, 7) is 10.9. The molecule has 0 unspecified atom stereocenters. The van der Waals surface area contributed by atoms with E-state index in [0.717, 1.165) is 28.4 Å². The van der Waals surface area contributed by atoms with Gasteiger partial charge in [-0.3, -0.25) is 4.98 Å². The maximum Gasteiger partial charge on any atom is 0.174 e.